The molecule has 150 valence electrons. The van der Waals surface area contributed by atoms with Crippen LogP contribution in [0.15, 0.2) is 29.2 Å². The topological polar surface area (TPSA) is 84.9 Å². The highest BCUT2D eigenvalue weighted by atomic mass is 32.2. The summed E-state index contributed by atoms with van der Waals surface area (Å²) in [4.78, 5) is 12.4. The Morgan fingerprint density at radius 1 is 1.19 bits per heavy atom. The molecule has 0 radical (unpaired) electrons. The van der Waals surface area contributed by atoms with Crippen molar-refractivity contribution in [1.82, 2.24) is 9.62 Å². The van der Waals surface area contributed by atoms with Crippen LogP contribution in [0.5, 0.6) is 0 Å². The lowest BCUT2D eigenvalue weighted by Gasteiger charge is -2.36. The molecule has 7 nitrogen and oxygen atoms in total. The standard InChI is InChI=1S/C19H28N2O5S/c1-2-3-4-10-20-18(22)16-6-5-7-17(15-16)27(23,24)21-11-8-19(9-12-21)25-13-14-26-19/h5-7,15H,2-4,8-14H2,1H3,(H,20,22). The number of piperidine rings is 1. The molecule has 1 aromatic rings. The zero-order chi connectivity index (χ0) is 19.3. The zero-order valence-electron chi connectivity index (χ0n) is 15.8. The number of hydrogen-bond donors (Lipinski definition) is 1. The van der Waals surface area contributed by atoms with Crippen LogP contribution in [0.4, 0.5) is 0 Å². The van der Waals surface area contributed by atoms with Crippen LogP contribution in [-0.2, 0) is 19.5 Å². The van der Waals surface area contributed by atoms with Gasteiger partial charge in [-0.3, -0.25) is 4.79 Å². The Labute approximate surface area is 161 Å². The van der Waals surface area contributed by atoms with Gasteiger partial charge < -0.3 is 14.8 Å². The van der Waals surface area contributed by atoms with Crippen molar-refractivity contribution in [2.24, 2.45) is 0 Å². The molecule has 0 aliphatic carbocycles. The van der Waals surface area contributed by atoms with Gasteiger partial charge >= 0.3 is 0 Å². The number of rotatable bonds is 7. The fourth-order valence-electron chi connectivity index (χ4n) is 3.48. The smallest absolute Gasteiger partial charge is 0.251 e. The van der Waals surface area contributed by atoms with Crippen molar-refractivity contribution in [3.05, 3.63) is 29.8 Å². The van der Waals surface area contributed by atoms with E-state index in [-0.39, 0.29) is 10.8 Å². The molecule has 2 heterocycles. The molecule has 0 bridgehead atoms. The normalized spacial score (nSPS) is 20.0. The van der Waals surface area contributed by atoms with E-state index < -0.39 is 15.8 Å². The van der Waals surface area contributed by atoms with E-state index in [0.29, 0.717) is 51.3 Å². The minimum absolute atomic E-state index is 0.146. The number of unbranched alkanes of at least 4 members (excludes halogenated alkanes) is 2. The summed E-state index contributed by atoms with van der Waals surface area (Å²) in [6.07, 6.45) is 4.09. The van der Waals surface area contributed by atoms with Crippen molar-refractivity contribution in [1.29, 1.82) is 0 Å². The van der Waals surface area contributed by atoms with Crippen molar-refractivity contribution in [3.8, 4) is 0 Å². The first-order valence-electron chi connectivity index (χ1n) is 9.63. The lowest BCUT2D eigenvalue weighted by atomic mass is 10.1. The third-order valence-electron chi connectivity index (χ3n) is 5.10. The monoisotopic (exact) mass is 396 g/mol. The Morgan fingerprint density at radius 2 is 1.89 bits per heavy atom. The van der Waals surface area contributed by atoms with Crippen LogP contribution in [0.3, 0.4) is 0 Å². The highest BCUT2D eigenvalue weighted by Crippen LogP contribution is 2.33. The van der Waals surface area contributed by atoms with Crippen LogP contribution < -0.4 is 5.32 Å². The predicted molar refractivity (Wildman–Crippen MR) is 101 cm³/mol. The van der Waals surface area contributed by atoms with Gasteiger partial charge in [0.25, 0.3) is 5.91 Å². The molecule has 8 heteroatoms. The minimum Gasteiger partial charge on any atom is -0.352 e. The van der Waals surface area contributed by atoms with E-state index >= 15 is 0 Å². The summed E-state index contributed by atoms with van der Waals surface area (Å²) in [6.45, 7) is 4.50. The minimum atomic E-state index is -3.65. The highest BCUT2D eigenvalue weighted by molar-refractivity contribution is 7.89. The van der Waals surface area contributed by atoms with E-state index in [2.05, 4.69) is 12.2 Å². The Bertz CT molecular complexity index is 749. The molecule has 27 heavy (non-hydrogen) atoms. The number of hydrogen-bond acceptors (Lipinski definition) is 5. The number of carbonyl (C=O) groups is 1. The molecule has 2 saturated heterocycles. The molecule has 1 spiro atoms. The maximum absolute atomic E-state index is 13.0. The SMILES string of the molecule is CCCCCNC(=O)c1cccc(S(=O)(=O)N2CCC3(CC2)OCCO3)c1. The van der Waals surface area contributed by atoms with Gasteiger partial charge in [0.1, 0.15) is 0 Å². The summed E-state index contributed by atoms with van der Waals surface area (Å²) >= 11 is 0. The van der Waals surface area contributed by atoms with E-state index in [0.717, 1.165) is 19.3 Å². The summed E-state index contributed by atoms with van der Waals surface area (Å²) in [5, 5.41) is 2.84. The molecule has 1 amide bonds. The van der Waals surface area contributed by atoms with Gasteiger partial charge in [0.15, 0.2) is 5.79 Å². The molecule has 2 aliphatic heterocycles. The van der Waals surface area contributed by atoms with Gasteiger partial charge in [-0.25, -0.2) is 8.42 Å². The van der Waals surface area contributed by atoms with E-state index in [1.165, 1.54) is 16.4 Å². The molecule has 0 unspecified atom stereocenters. The molecule has 1 N–H and O–H groups in total. The van der Waals surface area contributed by atoms with Gasteiger partial charge in [-0.15, -0.1) is 0 Å². The molecular formula is C19H28N2O5S. The van der Waals surface area contributed by atoms with Crippen LogP contribution >= 0.6 is 0 Å². The molecule has 2 aliphatic rings. The quantitative estimate of drug-likeness (QED) is 0.714. The number of amides is 1. The maximum Gasteiger partial charge on any atom is 0.251 e. The van der Waals surface area contributed by atoms with E-state index in [9.17, 15) is 13.2 Å². The molecule has 2 fully saturated rings. The van der Waals surface area contributed by atoms with Crippen molar-refractivity contribution < 1.29 is 22.7 Å². The fraction of sp³-hybridized carbons (Fsp3) is 0.632. The van der Waals surface area contributed by atoms with Crippen molar-refractivity contribution in [2.45, 2.75) is 49.7 Å². The number of carbonyl (C=O) groups excluding carboxylic acids is 1. The van der Waals surface area contributed by atoms with E-state index in [4.69, 9.17) is 9.47 Å². The third kappa shape index (κ3) is 4.68. The number of benzene rings is 1. The van der Waals surface area contributed by atoms with Gasteiger partial charge in [-0.2, -0.15) is 4.31 Å². The summed E-state index contributed by atoms with van der Waals surface area (Å²) in [6, 6.07) is 6.25. The molecule has 0 atom stereocenters. The summed E-state index contributed by atoms with van der Waals surface area (Å²) in [5.74, 6) is -0.861. The predicted octanol–water partition coefficient (Wildman–Crippen LogP) is 2.13. The average Bonchev–Trinajstić information content (AvgIpc) is 3.13. The summed E-state index contributed by atoms with van der Waals surface area (Å²) < 4.78 is 38.7. The molecule has 0 aromatic heterocycles. The molecular weight excluding hydrogens is 368 g/mol. The fourth-order valence-corrected chi connectivity index (χ4v) is 4.97. The summed E-state index contributed by atoms with van der Waals surface area (Å²) in [7, 11) is -3.65. The van der Waals surface area contributed by atoms with Crippen LogP contribution in [0.1, 0.15) is 49.4 Å². The number of ether oxygens (including phenoxy) is 2. The average molecular weight is 397 g/mol. The third-order valence-corrected chi connectivity index (χ3v) is 6.99. The van der Waals surface area contributed by atoms with Crippen LogP contribution in [0.2, 0.25) is 0 Å². The highest BCUT2D eigenvalue weighted by Gasteiger charge is 2.42. The van der Waals surface area contributed by atoms with Gasteiger partial charge in [0.05, 0.1) is 18.1 Å². The van der Waals surface area contributed by atoms with Crippen molar-refractivity contribution in [3.63, 3.8) is 0 Å². The number of nitrogens with one attached hydrogen (secondary N) is 1. The number of sulfonamides is 1. The van der Waals surface area contributed by atoms with Gasteiger partial charge in [0, 0.05) is 38.0 Å². The Balaban J connectivity index is 1.65. The van der Waals surface area contributed by atoms with Crippen LogP contribution in [-0.4, -0.2) is 57.3 Å². The van der Waals surface area contributed by atoms with Crippen molar-refractivity contribution in [2.75, 3.05) is 32.8 Å². The first-order valence-corrected chi connectivity index (χ1v) is 11.1. The van der Waals surface area contributed by atoms with Crippen LogP contribution in [0.25, 0.3) is 0 Å². The molecule has 3 rings (SSSR count). The summed E-state index contributed by atoms with van der Waals surface area (Å²) in [5.41, 5.74) is 0.364. The second-order valence-electron chi connectivity index (χ2n) is 7.00. The Hall–Kier alpha value is -1.48. The van der Waals surface area contributed by atoms with E-state index in [1.807, 2.05) is 0 Å². The van der Waals surface area contributed by atoms with Gasteiger partial charge in [-0.05, 0) is 24.6 Å². The van der Waals surface area contributed by atoms with Crippen molar-refractivity contribution >= 4 is 15.9 Å². The van der Waals surface area contributed by atoms with Crippen LogP contribution in [0, 0.1) is 0 Å². The first kappa shape index (κ1) is 20.3. The maximum atomic E-state index is 13.0. The van der Waals surface area contributed by atoms with E-state index in [1.54, 1.807) is 12.1 Å². The number of nitrogens with zero attached hydrogens (tertiary/aromatic N) is 1. The van der Waals surface area contributed by atoms with Gasteiger partial charge in [0.2, 0.25) is 10.0 Å². The molecule has 1 aromatic carbocycles. The zero-order valence-corrected chi connectivity index (χ0v) is 16.6. The van der Waals surface area contributed by atoms with Gasteiger partial charge in [-0.1, -0.05) is 25.8 Å². The first-order chi connectivity index (χ1) is 13.0. The second-order valence-corrected chi connectivity index (χ2v) is 8.94. The molecule has 0 saturated carbocycles. The second kappa shape index (κ2) is 8.68. The lowest BCUT2D eigenvalue weighted by molar-refractivity contribution is -0.179. The largest absolute Gasteiger partial charge is 0.352 e. The lowest BCUT2D eigenvalue weighted by Crippen LogP contribution is -2.47. The Kier molecular flexibility index (Phi) is 6.52. The Morgan fingerprint density at radius 3 is 2.56 bits per heavy atom.